The molecule has 130 valence electrons. The van der Waals surface area contributed by atoms with Gasteiger partial charge in [0, 0.05) is 11.9 Å². The van der Waals surface area contributed by atoms with E-state index in [0.29, 0.717) is 11.7 Å². The van der Waals surface area contributed by atoms with Gasteiger partial charge >= 0.3 is 0 Å². The van der Waals surface area contributed by atoms with Gasteiger partial charge in [0.05, 0.1) is 10.8 Å². The Bertz CT molecular complexity index is 1060. The van der Waals surface area contributed by atoms with E-state index < -0.39 is 0 Å². The quantitative estimate of drug-likeness (QED) is 0.552. The minimum atomic E-state index is -0.296. The molecule has 0 spiro atoms. The fourth-order valence-electron chi connectivity index (χ4n) is 2.65. The number of nitrogens with one attached hydrogen (secondary N) is 1. The number of fused-ring (bicyclic) bond motifs is 3. The van der Waals surface area contributed by atoms with Crippen molar-refractivity contribution in [1.82, 2.24) is 24.9 Å². The lowest BCUT2D eigenvalue weighted by Gasteiger charge is -2.10. The summed E-state index contributed by atoms with van der Waals surface area (Å²) in [7, 11) is 0. The van der Waals surface area contributed by atoms with Gasteiger partial charge in [-0.3, -0.25) is 4.79 Å². The molecule has 4 aromatic rings. The molecule has 2 heterocycles. The molecule has 1 N–H and O–H groups in total. The Labute approximate surface area is 154 Å². The molecule has 0 saturated carbocycles. The van der Waals surface area contributed by atoms with Gasteiger partial charge in [-0.25, -0.2) is 14.5 Å². The number of carbonyl (C=O) groups is 1. The number of carbonyl (C=O) groups excluding carboxylic acids is 1. The second kappa shape index (κ2) is 7.13. The van der Waals surface area contributed by atoms with Gasteiger partial charge in [0.15, 0.2) is 5.65 Å². The van der Waals surface area contributed by atoms with Crippen LogP contribution in [-0.4, -0.2) is 30.7 Å². The molecule has 0 aliphatic heterocycles. The van der Waals surface area contributed by atoms with Crippen LogP contribution >= 0.6 is 11.8 Å². The van der Waals surface area contributed by atoms with Crippen molar-refractivity contribution in [2.24, 2.45) is 0 Å². The number of thioether (sulfide) groups is 1. The Hall–Kier alpha value is -2.93. The van der Waals surface area contributed by atoms with E-state index in [-0.39, 0.29) is 11.2 Å². The molecule has 6 nitrogen and oxygen atoms in total. The molecule has 2 aromatic carbocycles. The van der Waals surface area contributed by atoms with Crippen LogP contribution in [0.4, 0.5) is 0 Å². The zero-order valence-electron chi connectivity index (χ0n) is 14.2. The smallest absolute Gasteiger partial charge is 0.233 e. The van der Waals surface area contributed by atoms with Crippen molar-refractivity contribution >= 4 is 34.2 Å². The van der Waals surface area contributed by atoms with Crippen molar-refractivity contribution in [2.75, 3.05) is 0 Å². The van der Waals surface area contributed by atoms with Crippen molar-refractivity contribution in [1.29, 1.82) is 0 Å². The van der Waals surface area contributed by atoms with E-state index in [9.17, 15) is 4.79 Å². The van der Waals surface area contributed by atoms with E-state index >= 15 is 0 Å². The van der Waals surface area contributed by atoms with Crippen LogP contribution in [0.2, 0.25) is 0 Å². The Morgan fingerprint density at radius 1 is 1.15 bits per heavy atom. The maximum absolute atomic E-state index is 12.3. The van der Waals surface area contributed by atoms with Gasteiger partial charge in [-0.2, -0.15) is 0 Å². The average molecular weight is 363 g/mol. The van der Waals surface area contributed by atoms with Gasteiger partial charge in [-0.1, -0.05) is 54.2 Å². The molecule has 0 unspecified atom stereocenters. The lowest BCUT2D eigenvalue weighted by Crippen LogP contribution is -2.30. The summed E-state index contributed by atoms with van der Waals surface area (Å²) in [5, 5.41) is 8.58. The van der Waals surface area contributed by atoms with Gasteiger partial charge in [0.25, 0.3) is 0 Å². The molecule has 7 heteroatoms. The van der Waals surface area contributed by atoms with E-state index in [0.717, 1.165) is 22.1 Å². The van der Waals surface area contributed by atoms with Crippen LogP contribution < -0.4 is 5.32 Å². The molecule has 1 amide bonds. The van der Waals surface area contributed by atoms with E-state index in [4.69, 9.17) is 0 Å². The normalized spacial score (nSPS) is 12.3. The van der Waals surface area contributed by atoms with Crippen molar-refractivity contribution in [2.45, 2.75) is 23.9 Å². The Balaban J connectivity index is 1.47. The standard InChI is InChI=1S/C19H17N5OS/c1-13(18(25)20-11-14-7-3-2-4-8-14)26-19-22-17-15-9-5-6-10-16(15)21-12-24(17)23-19/h2-10,12-13H,11H2,1H3,(H,20,25)/t13-/m0/s1. The maximum Gasteiger partial charge on any atom is 0.233 e. The number of rotatable bonds is 5. The summed E-state index contributed by atoms with van der Waals surface area (Å²) in [4.78, 5) is 21.3. The molecule has 0 fully saturated rings. The summed E-state index contributed by atoms with van der Waals surface area (Å²) in [6.45, 7) is 2.37. The monoisotopic (exact) mass is 363 g/mol. The van der Waals surface area contributed by atoms with E-state index in [2.05, 4.69) is 20.4 Å². The zero-order valence-corrected chi connectivity index (χ0v) is 15.0. The van der Waals surface area contributed by atoms with Crippen molar-refractivity contribution < 1.29 is 4.79 Å². The zero-order chi connectivity index (χ0) is 17.9. The molecule has 1 atom stereocenters. The molecule has 0 saturated heterocycles. The summed E-state index contributed by atoms with van der Waals surface area (Å²) >= 11 is 1.34. The number of aromatic nitrogens is 4. The van der Waals surface area contributed by atoms with Gasteiger partial charge in [-0.05, 0) is 24.6 Å². The predicted molar refractivity (Wildman–Crippen MR) is 102 cm³/mol. The predicted octanol–water partition coefficient (Wildman–Crippen LogP) is 3.07. The Morgan fingerprint density at radius 3 is 2.77 bits per heavy atom. The number of para-hydroxylation sites is 1. The highest BCUT2D eigenvalue weighted by molar-refractivity contribution is 8.00. The highest BCUT2D eigenvalue weighted by Gasteiger charge is 2.17. The molecule has 26 heavy (non-hydrogen) atoms. The third-order valence-electron chi connectivity index (χ3n) is 4.02. The summed E-state index contributed by atoms with van der Waals surface area (Å²) in [6, 6.07) is 17.6. The topological polar surface area (TPSA) is 72.2 Å². The summed E-state index contributed by atoms with van der Waals surface area (Å²) in [5.74, 6) is -0.0410. The lowest BCUT2D eigenvalue weighted by atomic mass is 10.2. The molecule has 4 rings (SSSR count). The van der Waals surface area contributed by atoms with Crippen LogP contribution in [-0.2, 0) is 11.3 Å². The second-order valence-electron chi connectivity index (χ2n) is 5.89. The molecule has 2 aromatic heterocycles. The number of amides is 1. The molecule has 0 bridgehead atoms. The van der Waals surface area contributed by atoms with Gasteiger partial charge < -0.3 is 5.32 Å². The van der Waals surface area contributed by atoms with Crippen molar-refractivity contribution in [3.05, 3.63) is 66.5 Å². The molecule has 0 aliphatic rings. The van der Waals surface area contributed by atoms with Crippen LogP contribution in [0.25, 0.3) is 16.6 Å². The highest BCUT2D eigenvalue weighted by atomic mass is 32.2. The first-order valence-electron chi connectivity index (χ1n) is 8.29. The van der Waals surface area contributed by atoms with Gasteiger partial charge in [0.2, 0.25) is 11.1 Å². The van der Waals surface area contributed by atoms with Crippen LogP contribution in [0.1, 0.15) is 12.5 Å². The molecule has 0 radical (unpaired) electrons. The molecular formula is C19H17N5OS. The van der Waals surface area contributed by atoms with Crippen LogP contribution in [0, 0.1) is 0 Å². The number of hydrogen-bond acceptors (Lipinski definition) is 5. The van der Waals surface area contributed by atoms with Gasteiger partial charge in [0.1, 0.15) is 6.33 Å². The van der Waals surface area contributed by atoms with Crippen molar-refractivity contribution in [3.63, 3.8) is 0 Å². The van der Waals surface area contributed by atoms with E-state index in [1.807, 2.05) is 61.5 Å². The minimum Gasteiger partial charge on any atom is -0.351 e. The van der Waals surface area contributed by atoms with Crippen LogP contribution in [0.3, 0.4) is 0 Å². The second-order valence-corrected chi connectivity index (χ2v) is 7.20. The summed E-state index contributed by atoms with van der Waals surface area (Å²) < 4.78 is 1.65. The number of benzene rings is 2. The Kier molecular flexibility index (Phi) is 4.53. The third-order valence-corrected chi connectivity index (χ3v) is 4.98. The van der Waals surface area contributed by atoms with Crippen LogP contribution in [0.5, 0.6) is 0 Å². The SMILES string of the molecule is C[C@H](Sc1nc2c3ccccc3ncn2n1)C(=O)NCc1ccccc1. The van der Waals surface area contributed by atoms with Gasteiger partial charge in [-0.15, -0.1) is 5.10 Å². The molecular weight excluding hydrogens is 346 g/mol. The fraction of sp³-hybridized carbons (Fsp3) is 0.158. The Morgan fingerprint density at radius 2 is 1.92 bits per heavy atom. The number of hydrogen-bond donors (Lipinski definition) is 1. The maximum atomic E-state index is 12.3. The first-order chi connectivity index (χ1) is 12.7. The third kappa shape index (κ3) is 3.39. The molecule has 0 aliphatic carbocycles. The highest BCUT2D eigenvalue weighted by Crippen LogP contribution is 2.23. The lowest BCUT2D eigenvalue weighted by molar-refractivity contribution is -0.120. The minimum absolute atomic E-state index is 0.0410. The summed E-state index contributed by atoms with van der Waals surface area (Å²) in [5.41, 5.74) is 2.69. The summed E-state index contributed by atoms with van der Waals surface area (Å²) in [6.07, 6.45) is 1.65. The van der Waals surface area contributed by atoms with Crippen molar-refractivity contribution in [3.8, 4) is 0 Å². The largest absolute Gasteiger partial charge is 0.351 e. The first kappa shape index (κ1) is 16.5. The van der Waals surface area contributed by atoms with E-state index in [1.54, 1.807) is 10.8 Å². The van der Waals surface area contributed by atoms with Crippen LogP contribution in [0.15, 0.2) is 66.1 Å². The van der Waals surface area contributed by atoms with E-state index in [1.165, 1.54) is 11.8 Å². The fourth-order valence-corrected chi connectivity index (χ4v) is 3.43. The number of nitrogens with zero attached hydrogens (tertiary/aromatic N) is 4. The average Bonchev–Trinajstić information content (AvgIpc) is 3.10. The first-order valence-corrected chi connectivity index (χ1v) is 9.17.